The van der Waals surface area contributed by atoms with Crippen molar-refractivity contribution in [3.63, 3.8) is 0 Å². The van der Waals surface area contributed by atoms with Crippen molar-refractivity contribution in [1.29, 1.82) is 0 Å². The lowest BCUT2D eigenvalue weighted by molar-refractivity contribution is -0.138. The smallest absolute Gasteiger partial charge is 0.243 e. The molecule has 2 aromatic rings. The number of nitrogens with one attached hydrogen (secondary N) is 5. The minimum Gasteiger partial charge on any atom is -0.497 e. The molecule has 1 aliphatic heterocycles. The SMILES string of the molecule is COc1ccc(CCC(=O)N2CC(=O)N[C@H](C)C(=O)N[C@@H](C(C)C)C(=O)N[C@@H](CCSC)C(=O)N[C@@H](C)C(=O)N[C@H](Cc3ccccc3)C2)cc1. The summed E-state index contributed by atoms with van der Waals surface area (Å²) in [4.78, 5) is 82.4. The van der Waals surface area contributed by atoms with Crippen LogP contribution in [0.15, 0.2) is 54.6 Å². The van der Waals surface area contributed by atoms with Gasteiger partial charge in [-0.3, -0.25) is 28.8 Å². The molecule has 51 heavy (non-hydrogen) atoms. The molecule has 278 valence electrons. The lowest BCUT2D eigenvalue weighted by Crippen LogP contribution is -2.60. The lowest BCUT2D eigenvalue weighted by atomic mass is 10.0. The topological polar surface area (TPSA) is 175 Å². The average Bonchev–Trinajstić information content (AvgIpc) is 3.10. The average molecular weight is 725 g/mol. The van der Waals surface area contributed by atoms with E-state index in [1.165, 1.54) is 23.6 Å². The van der Waals surface area contributed by atoms with Gasteiger partial charge in [0.05, 0.1) is 19.7 Å². The van der Waals surface area contributed by atoms with E-state index in [1.807, 2.05) is 48.7 Å². The Morgan fingerprint density at radius 1 is 0.824 bits per heavy atom. The summed E-state index contributed by atoms with van der Waals surface area (Å²) in [6.45, 7) is 6.15. The van der Waals surface area contributed by atoms with Gasteiger partial charge >= 0.3 is 0 Å². The summed E-state index contributed by atoms with van der Waals surface area (Å²) in [7, 11) is 1.57. The van der Waals surface area contributed by atoms with Crippen molar-refractivity contribution in [2.24, 2.45) is 5.92 Å². The van der Waals surface area contributed by atoms with Crippen LogP contribution in [-0.2, 0) is 41.6 Å². The molecule has 2 aromatic carbocycles. The number of hydrogen-bond donors (Lipinski definition) is 5. The fourth-order valence-corrected chi connectivity index (χ4v) is 6.06. The molecular formula is C37H52N6O7S. The van der Waals surface area contributed by atoms with E-state index in [9.17, 15) is 28.8 Å². The predicted molar refractivity (Wildman–Crippen MR) is 197 cm³/mol. The van der Waals surface area contributed by atoms with Crippen LogP contribution in [0, 0.1) is 5.92 Å². The van der Waals surface area contributed by atoms with Crippen molar-refractivity contribution in [1.82, 2.24) is 31.5 Å². The number of nitrogens with zero attached hydrogens (tertiary/aromatic N) is 1. The van der Waals surface area contributed by atoms with Crippen molar-refractivity contribution < 1.29 is 33.5 Å². The highest BCUT2D eigenvalue weighted by molar-refractivity contribution is 7.98. The summed E-state index contributed by atoms with van der Waals surface area (Å²) in [5.41, 5.74) is 1.79. The third-order valence-electron chi connectivity index (χ3n) is 8.60. The van der Waals surface area contributed by atoms with E-state index in [-0.39, 0.29) is 31.3 Å². The number of aryl methyl sites for hydroxylation is 1. The van der Waals surface area contributed by atoms with E-state index >= 15 is 0 Å². The van der Waals surface area contributed by atoms with Gasteiger partial charge in [-0.15, -0.1) is 0 Å². The maximum atomic E-state index is 13.8. The van der Waals surface area contributed by atoms with Crippen molar-refractivity contribution in [2.45, 2.75) is 83.6 Å². The number of benzene rings is 2. The molecule has 0 unspecified atom stereocenters. The van der Waals surface area contributed by atoms with Gasteiger partial charge in [-0.05, 0) is 74.3 Å². The molecule has 1 heterocycles. The Morgan fingerprint density at radius 2 is 1.47 bits per heavy atom. The largest absolute Gasteiger partial charge is 0.497 e. The minimum absolute atomic E-state index is 0.0153. The zero-order valence-electron chi connectivity index (χ0n) is 30.3. The second kappa shape index (κ2) is 20.3. The quantitative estimate of drug-likeness (QED) is 0.246. The van der Waals surface area contributed by atoms with Crippen LogP contribution in [0.2, 0.25) is 0 Å². The molecule has 1 fully saturated rings. The lowest BCUT2D eigenvalue weighted by Gasteiger charge is -2.31. The first-order chi connectivity index (χ1) is 24.3. The van der Waals surface area contributed by atoms with Crippen LogP contribution < -0.4 is 31.3 Å². The standard InChI is InChI=1S/C37H52N6O7S/c1-23(2)33-37(49)41-30(18-19-51-6)36(48)39-25(4)34(46)40-28(20-27-10-8-7-9-11-27)21-43(22-31(44)38-24(3)35(47)42-33)32(45)17-14-26-12-15-29(50-5)16-13-26/h7-13,15-16,23-25,28,30,33H,14,17-22H2,1-6H3,(H,38,44)(H,39,48)(H,40,46)(H,41,49)(H,42,47)/t24-,25+,28-,30+,33+/m1/s1. The molecular weight excluding hydrogens is 673 g/mol. The van der Waals surface area contributed by atoms with Gasteiger partial charge in [0, 0.05) is 13.0 Å². The normalized spacial score (nSPS) is 22.8. The van der Waals surface area contributed by atoms with Crippen LogP contribution >= 0.6 is 11.8 Å². The van der Waals surface area contributed by atoms with Gasteiger partial charge in [0.1, 0.15) is 29.9 Å². The zero-order chi connectivity index (χ0) is 37.5. The van der Waals surface area contributed by atoms with Crippen LogP contribution in [-0.4, -0.2) is 103 Å². The van der Waals surface area contributed by atoms with E-state index in [0.717, 1.165) is 11.1 Å². The van der Waals surface area contributed by atoms with E-state index in [4.69, 9.17) is 4.74 Å². The Kier molecular flexibility index (Phi) is 16.3. The third kappa shape index (κ3) is 13.2. The number of ether oxygens (including phenoxy) is 1. The molecule has 0 saturated carbocycles. The third-order valence-corrected chi connectivity index (χ3v) is 9.24. The first kappa shape index (κ1) is 40.8. The monoisotopic (exact) mass is 724 g/mol. The molecule has 1 saturated heterocycles. The number of hydrogen-bond acceptors (Lipinski definition) is 8. The van der Waals surface area contributed by atoms with Gasteiger partial charge in [-0.2, -0.15) is 11.8 Å². The summed E-state index contributed by atoms with van der Waals surface area (Å²) < 4.78 is 5.23. The number of carbonyl (C=O) groups excluding carboxylic acids is 6. The predicted octanol–water partition coefficient (Wildman–Crippen LogP) is 1.59. The van der Waals surface area contributed by atoms with Gasteiger partial charge in [-0.25, -0.2) is 0 Å². The van der Waals surface area contributed by atoms with Gasteiger partial charge in [0.25, 0.3) is 0 Å². The molecule has 0 aliphatic carbocycles. The summed E-state index contributed by atoms with van der Waals surface area (Å²) in [6.07, 6.45) is 2.98. The fourth-order valence-electron chi connectivity index (χ4n) is 5.59. The maximum Gasteiger partial charge on any atom is 0.243 e. The molecule has 1 aliphatic rings. The van der Waals surface area contributed by atoms with E-state index < -0.39 is 59.7 Å². The summed E-state index contributed by atoms with van der Waals surface area (Å²) in [5, 5.41) is 13.8. The van der Waals surface area contributed by atoms with Crippen LogP contribution in [0.5, 0.6) is 5.75 Å². The van der Waals surface area contributed by atoms with Crippen LogP contribution in [0.4, 0.5) is 0 Å². The molecule has 5 N–H and O–H groups in total. The fraction of sp³-hybridized carbons (Fsp3) is 0.514. The van der Waals surface area contributed by atoms with Crippen molar-refractivity contribution >= 4 is 47.2 Å². The maximum absolute atomic E-state index is 13.8. The zero-order valence-corrected chi connectivity index (χ0v) is 31.1. The number of rotatable bonds is 10. The second-order valence-corrected chi connectivity index (χ2v) is 14.1. The second-order valence-electron chi connectivity index (χ2n) is 13.1. The Morgan fingerprint density at radius 3 is 2.10 bits per heavy atom. The summed E-state index contributed by atoms with van der Waals surface area (Å²) in [6, 6.07) is 12.1. The van der Waals surface area contributed by atoms with Gasteiger partial charge in [0.15, 0.2) is 0 Å². The van der Waals surface area contributed by atoms with Crippen LogP contribution in [0.3, 0.4) is 0 Å². The molecule has 5 atom stereocenters. The molecule has 13 nitrogen and oxygen atoms in total. The molecule has 0 bridgehead atoms. The number of carbonyl (C=O) groups is 6. The number of amides is 6. The van der Waals surface area contributed by atoms with Gasteiger partial charge < -0.3 is 36.2 Å². The van der Waals surface area contributed by atoms with E-state index in [1.54, 1.807) is 40.0 Å². The molecule has 0 spiro atoms. The number of thioether (sulfide) groups is 1. The molecule has 14 heteroatoms. The highest BCUT2D eigenvalue weighted by Gasteiger charge is 2.32. The highest BCUT2D eigenvalue weighted by atomic mass is 32.2. The first-order valence-corrected chi connectivity index (χ1v) is 18.6. The minimum atomic E-state index is -1.04. The van der Waals surface area contributed by atoms with Crippen molar-refractivity contribution in [3.05, 3.63) is 65.7 Å². The Bertz CT molecular complexity index is 1490. The first-order valence-electron chi connectivity index (χ1n) is 17.3. The summed E-state index contributed by atoms with van der Waals surface area (Å²) in [5.74, 6) is -2.19. The van der Waals surface area contributed by atoms with E-state index in [0.29, 0.717) is 30.8 Å². The summed E-state index contributed by atoms with van der Waals surface area (Å²) >= 11 is 1.50. The highest BCUT2D eigenvalue weighted by Crippen LogP contribution is 2.14. The van der Waals surface area contributed by atoms with Gasteiger partial charge in [0.2, 0.25) is 35.4 Å². The molecule has 6 amide bonds. The van der Waals surface area contributed by atoms with Crippen molar-refractivity contribution in [3.8, 4) is 5.75 Å². The number of methoxy groups -OCH3 is 1. The Balaban J connectivity index is 1.96. The Hall–Kier alpha value is -4.59. The molecule has 3 rings (SSSR count). The molecule has 0 aromatic heterocycles. The van der Waals surface area contributed by atoms with Crippen LogP contribution in [0.1, 0.15) is 51.7 Å². The Labute approximate surface area is 304 Å². The van der Waals surface area contributed by atoms with Crippen LogP contribution in [0.25, 0.3) is 0 Å². The van der Waals surface area contributed by atoms with Gasteiger partial charge in [-0.1, -0.05) is 56.3 Å². The van der Waals surface area contributed by atoms with Crippen molar-refractivity contribution in [2.75, 3.05) is 32.2 Å². The van der Waals surface area contributed by atoms with E-state index in [2.05, 4.69) is 26.6 Å². The molecule has 0 radical (unpaired) electrons.